The minimum Gasteiger partial charge on any atom is -0.477 e. The number of hydrogen-bond donors (Lipinski definition) is 1. The van der Waals surface area contributed by atoms with Gasteiger partial charge in [0.15, 0.2) is 0 Å². The van der Waals surface area contributed by atoms with Gasteiger partial charge in [-0.2, -0.15) is 4.98 Å². The third-order valence-corrected chi connectivity index (χ3v) is 1.84. The summed E-state index contributed by atoms with van der Waals surface area (Å²) >= 11 is 0. The van der Waals surface area contributed by atoms with Crippen molar-refractivity contribution in [1.29, 1.82) is 0 Å². The average Bonchev–Trinajstić information content (AvgIpc) is 2.24. The molecule has 1 heterocycles. The molecule has 0 aliphatic carbocycles. The Morgan fingerprint density at radius 1 is 1.40 bits per heavy atom. The molecule has 0 amide bonds. The molecule has 0 atom stereocenters. The van der Waals surface area contributed by atoms with E-state index in [1.807, 2.05) is 18.2 Å². The number of nitrogens with zero attached hydrogens (tertiary/aromatic N) is 1. The second-order valence-electron chi connectivity index (χ2n) is 3.99. The van der Waals surface area contributed by atoms with Crippen molar-refractivity contribution in [2.45, 2.75) is 27.2 Å². The Kier molecular flexibility index (Phi) is 4.95. The van der Waals surface area contributed by atoms with E-state index in [0.29, 0.717) is 18.4 Å². The molecule has 0 saturated carbocycles. The number of aromatic nitrogens is 1. The van der Waals surface area contributed by atoms with E-state index in [9.17, 15) is 0 Å². The lowest BCUT2D eigenvalue weighted by Crippen LogP contribution is -2.07. The van der Waals surface area contributed by atoms with E-state index in [-0.39, 0.29) is 0 Å². The van der Waals surface area contributed by atoms with Crippen LogP contribution in [0.5, 0.6) is 5.88 Å². The van der Waals surface area contributed by atoms with Crippen LogP contribution >= 0.6 is 0 Å². The molecule has 0 aromatic carbocycles. The van der Waals surface area contributed by atoms with Crippen LogP contribution in [0.4, 0.5) is 5.82 Å². The molecule has 1 rings (SSSR count). The standard InChI is InChI=1S/C12H20N2O/c1-4-8-13-11-6-5-7-12(14-11)15-9-10(2)3/h5-7,10H,4,8-9H2,1-3H3,(H,13,14). The van der Waals surface area contributed by atoms with Crippen LogP contribution < -0.4 is 10.1 Å². The number of rotatable bonds is 6. The molecule has 1 aromatic heterocycles. The normalized spacial score (nSPS) is 10.4. The van der Waals surface area contributed by atoms with Crippen LogP contribution in [0, 0.1) is 5.92 Å². The van der Waals surface area contributed by atoms with Crippen LogP contribution in [-0.2, 0) is 0 Å². The number of pyridine rings is 1. The van der Waals surface area contributed by atoms with Gasteiger partial charge in [-0.1, -0.05) is 26.8 Å². The fourth-order valence-electron chi connectivity index (χ4n) is 1.10. The largest absolute Gasteiger partial charge is 0.477 e. The highest BCUT2D eigenvalue weighted by Gasteiger charge is 1.99. The molecule has 0 bridgehead atoms. The zero-order valence-corrected chi connectivity index (χ0v) is 9.79. The quantitative estimate of drug-likeness (QED) is 0.780. The van der Waals surface area contributed by atoms with Crippen molar-refractivity contribution in [3.63, 3.8) is 0 Å². The van der Waals surface area contributed by atoms with Crippen LogP contribution in [0.15, 0.2) is 18.2 Å². The minimum absolute atomic E-state index is 0.527. The van der Waals surface area contributed by atoms with Gasteiger partial charge in [0.1, 0.15) is 5.82 Å². The SMILES string of the molecule is CCCNc1cccc(OCC(C)C)n1. The summed E-state index contributed by atoms with van der Waals surface area (Å²) in [6.07, 6.45) is 1.10. The molecule has 15 heavy (non-hydrogen) atoms. The first-order valence-corrected chi connectivity index (χ1v) is 5.56. The molecule has 0 aliphatic heterocycles. The fourth-order valence-corrected chi connectivity index (χ4v) is 1.10. The Hall–Kier alpha value is -1.25. The lowest BCUT2D eigenvalue weighted by molar-refractivity contribution is 0.261. The lowest BCUT2D eigenvalue weighted by Gasteiger charge is -2.09. The molecular formula is C12H20N2O. The first-order chi connectivity index (χ1) is 7.22. The van der Waals surface area contributed by atoms with Crippen LogP contribution in [0.3, 0.4) is 0 Å². The molecule has 0 aliphatic rings. The van der Waals surface area contributed by atoms with E-state index >= 15 is 0 Å². The average molecular weight is 208 g/mol. The summed E-state index contributed by atoms with van der Waals surface area (Å²) in [7, 11) is 0. The van der Waals surface area contributed by atoms with Gasteiger partial charge in [0.05, 0.1) is 6.61 Å². The van der Waals surface area contributed by atoms with Crippen molar-refractivity contribution in [1.82, 2.24) is 4.98 Å². The Balaban J connectivity index is 2.50. The van der Waals surface area contributed by atoms with Crippen molar-refractivity contribution in [2.24, 2.45) is 5.92 Å². The molecule has 3 heteroatoms. The first kappa shape index (κ1) is 11.8. The summed E-state index contributed by atoms with van der Waals surface area (Å²) in [4.78, 5) is 4.35. The van der Waals surface area contributed by atoms with Gasteiger partial charge in [0.2, 0.25) is 5.88 Å². The Bertz CT molecular complexity index is 287. The number of nitrogens with one attached hydrogen (secondary N) is 1. The van der Waals surface area contributed by atoms with Gasteiger partial charge >= 0.3 is 0 Å². The van der Waals surface area contributed by atoms with Gasteiger partial charge < -0.3 is 10.1 Å². The van der Waals surface area contributed by atoms with Gasteiger partial charge in [-0.15, -0.1) is 0 Å². The van der Waals surface area contributed by atoms with Crippen LogP contribution in [0.1, 0.15) is 27.2 Å². The monoisotopic (exact) mass is 208 g/mol. The van der Waals surface area contributed by atoms with Gasteiger partial charge in [-0.3, -0.25) is 0 Å². The highest BCUT2D eigenvalue weighted by atomic mass is 16.5. The van der Waals surface area contributed by atoms with Crippen molar-refractivity contribution < 1.29 is 4.74 Å². The highest BCUT2D eigenvalue weighted by molar-refractivity contribution is 5.36. The maximum Gasteiger partial charge on any atom is 0.215 e. The Morgan fingerprint density at radius 2 is 2.20 bits per heavy atom. The number of hydrogen-bond acceptors (Lipinski definition) is 3. The number of ether oxygens (including phenoxy) is 1. The molecule has 0 spiro atoms. The summed E-state index contributed by atoms with van der Waals surface area (Å²) < 4.78 is 5.54. The third kappa shape index (κ3) is 4.68. The molecule has 1 N–H and O–H groups in total. The van der Waals surface area contributed by atoms with Gasteiger partial charge in [0.25, 0.3) is 0 Å². The smallest absolute Gasteiger partial charge is 0.215 e. The van der Waals surface area contributed by atoms with E-state index in [2.05, 4.69) is 31.1 Å². The summed E-state index contributed by atoms with van der Waals surface area (Å²) in [5, 5.41) is 3.23. The van der Waals surface area contributed by atoms with Crippen molar-refractivity contribution in [3.05, 3.63) is 18.2 Å². The van der Waals surface area contributed by atoms with Crippen LogP contribution in [-0.4, -0.2) is 18.1 Å². The Labute approximate surface area is 91.9 Å². The Morgan fingerprint density at radius 3 is 2.87 bits per heavy atom. The van der Waals surface area contributed by atoms with E-state index < -0.39 is 0 Å². The second-order valence-corrected chi connectivity index (χ2v) is 3.99. The summed E-state index contributed by atoms with van der Waals surface area (Å²) in [6, 6.07) is 5.80. The lowest BCUT2D eigenvalue weighted by atomic mass is 10.2. The fraction of sp³-hybridized carbons (Fsp3) is 0.583. The van der Waals surface area contributed by atoms with Gasteiger partial charge in [-0.25, -0.2) is 0 Å². The maximum absolute atomic E-state index is 5.54. The van der Waals surface area contributed by atoms with Crippen LogP contribution in [0.25, 0.3) is 0 Å². The van der Waals surface area contributed by atoms with Crippen molar-refractivity contribution in [2.75, 3.05) is 18.5 Å². The van der Waals surface area contributed by atoms with Crippen LogP contribution in [0.2, 0.25) is 0 Å². The molecule has 0 unspecified atom stereocenters. The van der Waals surface area contributed by atoms with Crippen molar-refractivity contribution >= 4 is 5.82 Å². The maximum atomic E-state index is 5.54. The molecule has 3 nitrogen and oxygen atoms in total. The highest BCUT2D eigenvalue weighted by Crippen LogP contribution is 2.12. The minimum atomic E-state index is 0.527. The van der Waals surface area contributed by atoms with E-state index in [1.165, 1.54) is 0 Å². The summed E-state index contributed by atoms with van der Waals surface area (Å²) in [6.45, 7) is 8.04. The van der Waals surface area contributed by atoms with Gasteiger partial charge in [-0.05, 0) is 18.4 Å². The third-order valence-electron chi connectivity index (χ3n) is 1.84. The molecular weight excluding hydrogens is 188 g/mol. The van der Waals surface area contributed by atoms with Crippen molar-refractivity contribution in [3.8, 4) is 5.88 Å². The van der Waals surface area contributed by atoms with E-state index in [4.69, 9.17) is 4.74 Å². The molecule has 0 radical (unpaired) electrons. The molecule has 1 aromatic rings. The molecule has 84 valence electrons. The first-order valence-electron chi connectivity index (χ1n) is 5.56. The van der Waals surface area contributed by atoms with E-state index in [1.54, 1.807) is 0 Å². The predicted molar refractivity (Wildman–Crippen MR) is 63.4 cm³/mol. The van der Waals surface area contributed by atoms with E-state index in [0.717, 1.165) is 18.8 Å². The molecule has 0 fully saturated rings. The summed E-state index contributed by atoms with van der Waals surface area (Å²) in [5.74, 6) is 2.11. The summed E-state index contributed by atoms with van der Waals surface area (Å²) in [5.41, 5.74) is 0. The topological polar surface area (TPSA) is 34.1 Å². The predicted octanol–water partition coefficient (Wildman–Crippen LogP) is 2.94. The number of anilines is 1. The molecule has 0 saturated heterocycles. The zero-order valence-electron chi connectivity index (χ0n) is 9.79. The second kappa shape index (κ2) is 6.27. The zero-order chi connectivity index (χ0) is 11.1. The van der Waals surface area contributed by atoms with Gasteiger partial charge in [0, 0.05) is 12.6 Å².